The normalized spacial score (nSPS) is 16.8. The van der Waals surface area contributed by atoms with E-state index < -0.39 is 0 Å². The van der Waals surface area contributed by atoms with Crippen LogP contribution >= 0.6 is 11.8 Å². The summed E-state index contributed by atoms with van der Waals surface area (Å²) in [5, 5.41) is 3.39. The monoisotopic (exact) mass is 368 g/mol. The zero-order valence-corrected chi connectivity index (χ0v) is 15.9. The van der Waals surface area contributed by atoms with Gasteiger partial charge in [0.2, 0.25) is 0 Å². The topological polar surface area (TPSA) is 59.9 Å². The molecule has 0 saturated carbocycles. The van der Waals surface area contributed by atoms with Crippen LogP contribution in [0.3, 0.4) is 0 Å². The summed E-state index contributed by atoms with van der Waals surface area (Å²) >= 11 is 1.32. The lowest BCUT2D eigenvalue weighted by atomic mass is 10.1. The van der Waals surface area contributed by atoms with Crippen LogP contribution in [0, 0.1) is 13.8 Å². The van der Waals surface area contributed by atoms with Crippen LogP contribution in [-0.2, 0) is 4.79 Å². The Labute approximate surface area is 157 Å². The number of rotatable bonds is 4. The number of thioether (sulfide) groups is 1. The molecule has 0 radical (unpaired) electrons. The third-order valence-electron chi connectivity index (χ3n) is 3.96. The molecule has 0 aliphatic carbocycles. The number of methoxy groups -OCH3 is 2. The van der Waals surface area contributed by atoms with Crippen molar-refractivity contribution in [3.63, 3.8) is 0 Å². The molecule has 5 nitrogen and oxygen atoms in total. The fourth-order valence-corrected chi connectivity index (χ4v) is 3.33. The quantitative estimate of drug-likeness (QED) is 0.821. The van der Waals surface area contributed by atoms with Crippen molar-refractivity contribution < 1.29 is 14.3 Å². The second-order valence-electron chi connectivity index (χ2n) is 5.88. The van der Waals surface area contributed by atoms with Crippen LogP contribution in [0.15, 0.2) is 46.3 Å². The predicted octanol–water partition coefficient (Wildman–Crippen LogP) is 4.21. The summed E-state index contributed by atoms with van der Waals surface area (Å²) in [5.74, 6) is 1.17. The van der Waals surface area contributed by atoms with E-state index in [0.717, 1.165) is 22.4 Å². The maximum atomic E-state index is 12.3. The highest BCUT2D eigenvalue weighted by Gasteiger charge is 2.24. The number of aryl methyl sites for hydroxylation is 2. The first-order chi connectivity index (χ1) is 12.5. The highest BCUT2D eigenvalue weighted by molar-refractivity contribution is 8.18. The Kier molecular flexibility index (Phi) is 5.32. The van der Waals surface area contributed by atoms with Crippen LogP contribution in [0.5, 0.6) is 11.5 Å². The summed E-state index contributed by atoms with van der Waals surface area (Å²) in [6.07, 6.45) is 1.80. The first kappa shape index (κ1) is 18.1. The maximum absolute atomic E-state index is 12.3. The molecule has 1 saturated heterocycles. The van der Waals surface area contributed by atoms with Gasteiger partial charge in [-0.1, -0.05) is 12.1 Å². The summed E-state index contributed by atoms with van der Waals surface area (Å²) < 4.78 is 10.6. The molecule has 0 bridgehead atoms. The van der Waals surface area contributed by atoms with Gasteiger partial charge in [-0.3, -0.25) is 4.79 Å². The first-order valence-electron chi connectivity index (χ1n) is 8.09. The average molecular weight is 368 g/mol. The molecule has 134 valence electrons. The molecular formula is C20H20N2O3S. The molecule has 3 rings (SSSR count). The van der Waals surface area contributed by atoms with E-state index >= 15 is 0 Å². The van der Waals surface area contributed by atoms with Gasteiger partial charge in [0, 0.05) is 11.6 Å². The van der Waals surface area contributed by atoms with Gasteiger partial charge in [-0.25, -0.2) is 4.99 Å². The molecule has 0 atom stereocenters. The third-order valence-corrected chi connectivity index (χ3v) is 4.87. The molecule has 6 heteroatoms. The predicted molar refractivity (Wildman–Crippen MR) is 106 cm³/mol. The van der Waals surface area contributed by atoms with Gasteiger partial charge in [-0.2, -0.15) is 0 Å². The smallest absolute Gasteiger partial charge is 0.264 e. The highest BCUT2D eigenvalue weighted by atomic mass is 32.2. The van der Waals surface area contributed by atoms with E-state index in [1.807, 2.05) is 44.2 Å². The number of amidine groups is 1. The number of nitrogens with one attached hydrogen (secondary N) is 1. The fourth-order valence-electron chi connectivity index (χ4n) is 2.51. The van der Waals surface area contributed by atoms with Crippen molar-refractivity contribution in [1.82, 2.24) is 5.32 Å². The second-order valence-corrected chi connectivity index (χ2v) is 6.91. The Balaban J connectivity index is 1.89. The number of carbonyl (C=O) groups is 1. The third kappa shape index (κ3) is 3.91. The molecule has 1 aliphatic heterocycles. The molecule has 1 N–H and O–H groups in total. The fraction of sp³-hybridized carbons (Fsp3) is 0.200. The number of hydrogen-bond donors (Lipinski definition) is 1. The molecule has 2 aromatic rings. The highest BCUT2D eigenvalue weighted by Crippen LogP contribution is 2.32. The van der Waals surface area contributed by atoms with Gasteiger partial charge in [0.05, 0.1) is 24.8 Å². The van der Waals surface area contributed by atoms with Gasteiger partial charge in [-0.05, 0) is 61.0 Å². The van der Waals surface area contributed by atoms with E-state index in [9.17, 15) is 4.79 Å². The van der Waals surface area contributed by atoms with Crippen molar-refractivity contribution in [2.24, 2.45) is 4.99 Å². The van der Waals surface area contributed by atoms with Gasteiger partial charge in [-0.15, -0.1) is 0 Å². The number of nitrogens with zero attached hydrogens (tertiary/aromatic N) is 1. The van der Waals surface area contributed by atoms with Crippen molar-refractivity contribution in [1.29, 1.82) is 0 Å². The Bertz CT molecular complexity index is 919. The molecule has 0 unspecified atom stereocenters. The van der Waals surface area contributed by atoms with Crippen molar-refractivity contribution in [2.45, 2.75) is 13.8 Å². The average Bonchev–Trinajstić information content (AvgIpc) is 2.97. The minimum Gasteiger partial charge on any atom is -0.497 e. The Morgan fingerprint density at radius 2 is 1.88 bits per heavy atom. The van der Waals surface area contributed by atoms with Crippen LogP contribution in [0.2, 0.25) is 0 Å². The zero-order chi connectivity index (χ0) is 18.7. The zero-order valence-electron chi connectivity index (χ0n) is 15.1. The minimum absolute atomic E-state index is 0.170. The number of aliphatic imine (C=N–C) groups is 1. The molecule has 1 heterocycles. The summed E-state index contributed by atoms with van der Waals surface area (Å²) in [5.41, 5.74) is 3.85. The molecule has 1 fully saturated rings. The largest absolute Gasteiger partial charge is 0.497 e. The summed E-state index contributed by atoms with van der Waals surface area (Å²) in [6, 6.07) is 11.5. The summed E-state index contributed by atoms with van der Waals surface area (Å²) in [4.78, 5) is 17.5. The van der Waals surface area contributed by atoms with Crippen molar-refractivity contribution in [3.8, 4) is 11.5 Å². The lowest BCUT2D eigenvalue weighted by Crippen LogP contribution is -2.19. The molecule has 0 spiro atoms. The van der Waals surface area contributed by atoms with E-state index in [0.29, 0.717) is 21.6 Å². The van der Waals surface area contributed by atoms with Crippen LogP contribution in [0.25, 0.3) is 6.08 Å². The van der Waals surface area contributed by atoms with Crippen LogP contribution in [0.1, 0.15) is 16.7 Å². The molecule has 1 amide bonds. The van der Waals surface area contributed by atoms with Gasteiger partial charge < -0.3 is 14.8 Å². The van der Waals surface area contributed by atoms with E-state index in [-0.39, 0.29) is 5.91 Å². The molecule has 1 aliphatic rings. The van der Waals surface area contributed by atoms with E-state index in [4.69, 9.17) is 9.47 Å². The van der Waals surface area contributed by atoms with Gasteiger partial charge >= 0.3 is 0 Å². The van der Waals surface area contributed by atoms with Crippen molar-refractivity contribution in [2.75, 3.05) is 14.2 Å². The molecule has 2 aromatic carbocycles. The Morgan fingerprint density at radius 3 is 2.62 bits per heavy atom. The van der Waals surface area contributed by atoms with E-state index in [1.165, 1.54) is 11.8 Å². The van der Waals surface area contributed by atoms with E-state index in [2.05, 4.69) is 10.3 Å². The molecule has 26 heavy (non-hydrogen) atoms. The number of amides is 1. The maximum Gasteiger partial charge on any atom is 0.264 e. The SMILES string of the molecule is COc1ccc(C=C2SC(=Nc3cc(C)ccc3C)NC2=O)c(OC)c1. The Morgan fingerprint density at radius 1 is 1.08 bits per heavy atom. The summed E-state index contributed by atoms with van der Waals surface area (Å²) in [7, 11) is 3.19. The van der Waals surface area contributed by atoms with Gasteiger partial charge in [0.25, 0.3) is 5.91 Å². The molecule has 0 aromatic heterocycles. The lowest BCUT2D eigenvalue weighted by molar-refractivity contribution is -0.115. The minimum atomic E-state index is -0.170. The van der Waals surface area contributed by atoms with Gasteiger partial charge in [0.1, 0.15) is 11.5 Å². The standard InChI is InChI=1S/C20H20N2O3S/c1-12-5-6-13(2)16(9-12)21-20-22-19(23)18(26-20)10-14-7-8-15(24-3)11-17(14)25-4/h5-11H,1-4H3,(H,21,22,23). The van der Waals surface area contributed by atoms with E-state index in [1.54, 1.807) is 26.4 Å². The van der Waals surface area contributed by atoms with Crippen LogP contribution < -0.4 is 14.8 Å². The number of carbonyl (C=O) groups excluding carboxylic acids is 1. The lowest BCUT2D eigenvalue weighted by Gasteiger charge is -2.07. The summed E-state index contributed by atoms with van der Waals surface area (Å²) in [6.45, 7) is 4.02. The number of benzene rings is 2. The Hall–Kier alpha value is -2.73. The first-order valence-corrected chi connectivity index (χ1v) is 8.90. The number of ether oxygens (including phenoxy) is 2. The van der Waals surface area contributed by atoms with Crippen LogP contribution in [-0.4, -0.2) is 25.3 Å². The second kappa shape index (κ2) is 7.66. The van der Waals surface area contributed by atoms with Crippen molar-refractivity contribution in [3.05, 3.63) is 58.0 Å². The number of hydrogen-bond acceptors (Lipinski definition) is 5. The van der Waals surface area contributed by atoms with Crippen LogP contribution in [0.4, 0.5) is 5.69 Å². The van der Waals surface area contributed by atoms with Crippen molar-refractivity contribution >= 4 is 34.6 Å². The molecular weight excluding hydrogens is 348 g/mol. The van der Waals surface area contributed by atoms with Gasteiger partial charge in [0.15, 0.2) is 5.17 Å².